The average molecular weight is 396 g/mol. The Morgan fingerprint density at radius 3 is 2.50 bits per heavy atom. The zero-order valence-electron chi connectivity index (χ0n) is 14.3. The van der Waals surface area contributed by atoms with Gasteiger partial charge in [-0.25, -0.2) is 0 Å². The molecule has 0 bridgehead atoms. The maximum absolute atomic E-state index is 11.9. The number of benzene rings is 2. The van der Waals surface area contributed by atoms with Crippen molar-refractivity contribution in [3.05, 3.63) is 63.6 Å². The van der Waals surface area contributed by atoms with Gasteiger partial charge in [-0.2, -0.15) is 0 Å². The van der Waals surface area contributed by atoms with Crippen LogP contribution in [0.3, 0.4) is 0 Å². The molecule has 0 saturated carbocycles. The fourth-order valence-electron chi connectivity index (χ4n) is 2.26. The van der Waals surface area contributed by atoms with E-state index >= 15 is 0 Å². The van der Waals surface area contributed by atoms with Crippen LogP contribution in [0.2, 0.25) is 10.0 Å². The topological polar surface area (TPSA) is 67.8 Å². The van der Waals surface area contributed by atoms with Crippen LogP contribution in [0.1, 0.15) is 17.2 Å². The highest BCUT2D eigenvalue weighted by Gasteiger charge is 2.11. The Morgan fingerprint density at radius 2 is 1.88 bits per heavy atom. The molecule has 0 saturated heterocycles. The smallest absolute Gasteiger partial charge is 0.244 e. The molecule has 26 heavy (non-hydrogen) atoms. The molecule has 2 aromatic rings. The van der Waals surface area contributed by atoms with Crippen LogP contribution in [0.25, 0.3) is 6.08 Å². The third-order valence-electron chi connectivity index (χ3n) is 3.61. The Hall–Kier alpha value is -2.21. The molecular weight excluding hydrogens is 377 g/mol. The number of nitrogens with one attached hydrogen (secondary N) is 1. The summed E-state index contributed by atoms with van der Waals surface area (Å²) in [5.74, 6) is 0.559. The number of carbonyl (C=O) groups excluding carboxylic acids is 1. The summed E-state index contributed by atoms with van der Waals surface area (Å²) in [6.45, 7) is 0.0808. The van der Waals surface area contributed by atoms with Crippen LogP contribution in [0.15, 0.2) is 42.5 Å². The fourth-order valence-corrected chi connectivity index (χ4v) is 2.69. The highest BCUT2D eigenvalue weighted by molar-refractivity contribution is 6.32. The van der Waals surface area contributed by atoms with Crippen molar-refractivity contribution in [2.24, 2.45) is 0 Å². The number of halogens is 2. The minimum atomic E-state index is -0.819. The molecule has 7 heteroatoms. The van der Waals surface area contributed by atoms with Gasteiger partial charge >= 0.3 is 0 Å². The van der Waals surface area contributed by atoms with E-state index in [4.69, 9.17) is 32.7 Å². The Bertz CT molecular complexity index is 791. The molecule has 0 aromatic heterocycles. The largest absolute Gasteiger partial charge is 0.493 e. The van der Waals surface area contributed by atoms with Crippen molar-refractivity contribution in [2.45, 2.75) is 6.10 Å². The summed E-state index contributed by atoms with van der Waals surface area (Å²) in [6.07, 6.45) is 2.13. The van der Waals surface area contributed by atoms with E-state index in [1.54, 1.807) is 42.5 Å². The first-order valence-electron chi connectivity index (χ1n) is 7.75. The standard InChI is InChI=1S/C19H19Cl2NO4/c1-25-17-10-12(9-15(21)19(17)26-2)3-8-18(24)22-11-16(23)13-4-6-14(20)7-5-13/h3-10,16,23H,11H2,1-2H3,(H,22,24)/b8-3+. The maximum atomic E-state index is 11.9. The van der Waals surface area contributed by atoms with Gasteiger partial charge in [0.15, 0.2) is 11.5 Å². The lowest BCUT2D eigenvalue weighted by molar-refractivity contribution is -0.116. The Kier molecular flexibility index (Phi) is 7.33. The number of amides is 1. The van der Waals surface area contributed by atoms with Crippen LogP contribution in [-0.4, -0.2) is 31.8 Å². The molecule has 0 fully saturated rings. The SMILES string of the molecule is COc1cc(/C=C/C(=O)NCC(O)c2ccc(Cl)cc2)cc(Cl)c1OC. The van der Waals surface area contributed by atoms with Crippen LogP contribution >= 0.6 is 23.2 Å². The van der Waals surface area contributed by atoms with Crippen LogP contribution in [0, 0.1) is 0 Å². The van der Waals surface area contributed by atoms with Crippen molar-refractivity contribution in [3.8, 4) is 11.5 Å². The normalized spacial score (nSPS) is 12.0. The van der Waals surface area contributed by atoms with E-state index in [9.17, 15) is 9.90 Å². The monoisotopic (exact) mass is 395 g/mol. The van der Waals surface area contributed by atoms with E-state index in [0.717, 1.165) is 0 Å². The van der Waals surface area contributed by atoms with Crippen LogP contribution in [-0.2, 0) is 4.79 Å². The summed E-state index contributed by atoms with van der Waals surface area (Å²) in [5.41, 5.74) is 1.35. The number of ether oxygens (including phenoxy) is 2. The van der Waals surface area contributed by atoms with Crippen LogP contribution < -0.4 is 14.8 Å². The van der Waals surface area contributed by atoms with Crippen molar-refractivity contribution < 1.29 is 19.4 Å². The first kappa shape index (κ1) is 20.1. The second-order valence-electron chi connectivity index (χ2n) is 5.38. The van der Waals surface area contributed by atoms with E-state index in [1.165, 1.54) is 20.3 Å². The van der Waals surface area contributed by atoms with Gasteiger partial charge in [-0.1, -0.05) is 35.3 Å². The average Bonchev–Trinajstić information content (AvgIpc) is 2.64. The number of methoxy groups -OCH3 is 2. The number of hydrogen-bond acceptors (Lipinski definition) is 4. The second kappa shape index (κ2) is 9.48. The molecule has 1 unspecified atom stereocenters. The van der Waals surface area contributed by atoms with Gasteiger partial charge in [0, 0.05) is 17.6 Å². The summed E-state index contributed by atoms with van der Waals surface area (Å²) >= 11 is 11.9. The molecule has 138 valence electrons. The summed E-state index contributed by atoms with van der Waals surface area (Å²) in [4.78, 5) is 11.9. The number of aliphatic hydroxyl groups excluding tert-OH is 1. The lowest BCUT2D eigenvalue weighted by atomic mass is 10.1. The predicted octanol–water partition coefficient (Wildman–Crippen LogP) is 3.87. The third-order valence-corrected chi connectivity index (χ3v) is 4.14. The van der Waals surface area contributed by atoms with Crippen LogP contribution in [0.5, 0.6) is 11.5 Å². The number of hydrogen-bond donors (Lipinski definition) is 2. The highest BCUT2D eigenvalue weighted by atomic mass is 35.5. The van der Waals surface area contributed by atoms with Crippen molar-refractivity contribution >= 4 is 35.2 Å². The summed E-state index contributed by atoms with van der Waals surface area (Å²) < 4.78 is 10.4. The van der Waals surface area contributed by atoms with E-state index in [2.05, 4.69) is 5.32 Å². The van der Waals surface area contributed by atoms with Crippen molar-refractivity contribution in [2.75, 3.05) is 20.8 Å². The molecule has 2 N–H and O–H groups in total. The maximum Gasteiger partial charge on any atom is 0.244 e. The Labute approximate surface area is 162 Å². The number of aliphatic hydroxyl groups is 1. The summed E-state index contributed by atoms with van der Waals surface area (Å²) in [6, 6.07) is 10.2. The zero-order valence-corrected chi connectivity index (χ0v) is 15.8. The van der Waals surface area contributed by atoms with Crippen LogP contribution in [0.4, 0.5) is 0 Å². The van der Waals surface area contributed by atoms with E-state index < -0.39 is 6.10 Å². The quantitative estimate of drug-likeness (QED) is 0.698. The van der Waals surface area contributed by atoms with Crippen molar-refractivity contribution in [1.29, 1.82) is 0 Å². The van der Waals surface area contributed by atoms with Gasteiger partial charge in [-0.3, -0.25) is 4.79 Å². The van der Waals surface area contributed by atoms with Gasteiger partial charge in [0.1, 0.15) is 0 Å². The first-order chi connectivity index (χ1) is 12.4. The molecule has 1 amide bonds. The van der Waals surface area contributed by atoms with Gasteiger partial charge in [0.05, 0.1) is 25.3 Å². The second-order valence-corrected chi connectivity index (χ2v) is 6.23. The predicted molar refractivity (Wildman–Crippen MR) is 103 cm³/mol. The fraction of sp³-hybridized carbons (Fsp3) is 0.211. The van der Waals surface area contributed by atoms with E-state index in [0.29, 0.717) is 32.7 Å². The van der Waals surface area contributed by atoms with Crippen molar-refractivity contribution in [1.82, 2.24) is 5.32 Å². The number of carbonyl (C=O) groups is 1. The molecule has 2 aromatic carbocycles. The zero-order chi connectivity index (χ0) is 19.1. The Balaban J connectivity index is 1.97. The molecule has 0 radical (unpaired) electrons. The molecular formula is C19H19Cl2NO4. The van der Waals surface area contributed by atoms with Gasteiger partial charge in [-0.05, 0) is 41.5 Å². The van der Waals surface area contributed by atoms with Gasteiger partial charge in [0.2, 0.25) is 5.91 Å². The molecule has 0 spiro atoms. The molecule has 0 aliphatic carbocycles. The van der Waals surface area contributed by atoms with E-state index in [-0.39, 0.29) is 12.5 Å². The molecule has 2 rings (SSSR count). The molecule has 0 aliphatic heterocycles. The molecule has 0 heterocycles. The van der Waals surface area contributed by atoms with Gasteiger partial charge in [0.25, 0.3) is 0 Å². The summed E-state index contributed by atoms with van der Waals surface area (Å²) in [5, 5.41) is 13.7. The first-order valence-corrected chi connectivity index (χ1v) is 8.51. The Morgan fingerprint density at radius 1 is 1.19 bits per heavy atom. The third kappa shape index (κ3) is 5.39. The van der Waals surface area contributed by atoms with Gasteiger partial charge < -0.3 is 19.9 Å². The highest BCUT2D eigenvalue weighted by Crippen LogP contribution is 2.36. The molecule has 0 aliphatic rings. The van der Waals surface area contributed by atoms with Crippen molar-refractivity contribution in [3.63, 3.8) is 0 Å². The van der Waals surface area contributed by atoms with E-state index in [1.807, 2.05) is 0 Å². The lowest BCUT2D eigenvalue weighted by Gasteiger charge is -2.11. The molecule has 1 atom stereocenters. The summed E-state index contributed by atoms with van der Waals surface area (Å²) in [7, 11) is 3.01. The lowest BCUT2D eigenvalue weighted by Crippen LogP contribution is -2.26. The minimum Gasteiger partial charge on any atom is -0.493 e. The molecule has 5 nitrogen and oxygen atoms in total. The van der Waals surface area contributed by atoms with Gasteiger partial charge in [-0.15, -0.1) is 0 Å². The minimum absolute atomic E-state index is 0.0808. The number of rotatable bonds is 7.